The van der Waals surface area contributed by atoms with Crippen LogP contribution in [-0.2, 0) is 11.2 Å². The molecule has 1 aromatic heterocycles. The molecular weight excluding hydrogens is 493 g/mol. The van der Waals surface area contributed by atoms with Gasteiger partial charge in [0.25, 0.3) is 5.91 Å². The van der Waals surface area contributed by atoms with Gasteiger partial charge in [0.05, 0.1) is 13.2 Å². The topological polar surface area (TPSA) is 51.7 Å². The molecule has 0 bridgehead atoms. The van der Waals surface area contributed by atoms with Gasteiger partial charge in [0, 0.05) is 42.4 Å². The van der Waals surface area contributed by atoms with E-state index in [1.807, 2.05) is 30.2 Å². The number of amides is 1. The van der Waals surface area contributed by atoms with Gasteiger partial charge in [-0.2, -0.15) is 0 Å². The van der Waals surface area contributed by atoms with Crippen LogP contribution >= 0.6 is 0 Å². The number of nitrogens with zero attached hydrogens (tertiary/aromatic N) is 2. The molecule has 2 heterocycles. The van der Waals surface area contributed by atoms with E-state index in [1.165, 1.54) is 17.7 Å². The van der Waals surface area contributed by atoms with Gasteiger partial charge in [-0.1, -0.05) is 36.4 Å². The molecule has 0 saturated carbocycles. The largest absolute Gasteiger partial charge is 0.573 e. The summed E-state index contributed by atoms with van der Waals surface area (Å²) in [4.78, 5) is 19.7. The molecular formula is C30H27F3N2O3. The van der Waals surface area contributed by atoms with E-state index in [4.69, 9.17) is 4.74 Å². The van der Waals surface area contributed by atoms with Crippen LogP contribution in [0.3, 0.4) is 0 Å². The van der Waals surface area contributed by atoms with Crippen molar-refractivity contribution in [1.82, 2.24) is 9.88 Å². The second-order valence-corrected chi connectivity index (χ2v) is 9.50. The minimum atomic E-state index is -4.75. The minimum Gasteiger partial charge on any atom is -0.406 e. The van der Waals surface area contributed by atoms with E-state index in [2.05, 4.69) is 27.9 Å². The summed E-state index contributed by atoms with van der Waals surface area (Å²) in [5, 5.41) is 2.22. The predicted molar refractivity (Wildman–Crippen MR) is 139 cm³/mol. The third kappa shape index (κ3) is 5.97. The molecule has 0 radical (unpaired) electrons. The lowest BCUT2D eigenvalue weighted by atomic mass is 9.95. The van der Waals surface area contributed by atoms with Crippen molar-refractivity contribution in [1.29, 1.82) is 0 Å². The van der Waals surface area contributed by atoms with Crippen molar-refractivity contribution in [2.75, 3.05) is 26.3 Å². The zero-order valence-electron chi connectivity index (χ0n) is 20.9. The Hall–Kier alpha value is -3.91. The number of hydrogen-bond acceptors (Lipinski definition) is 4. The van der Waals surface area contributed by atoms with Gasteiger partial charge in [-0.3, -0.25) is 9.78 Å². The number of pyridine rings is 1. The van der Waals surface area contributed by atoms with Crippen molar-refractivity contribution >= 4 is 16.7 Å². The number of halogens is 3. The average Bonchev–Trinajstić information content (AvgIpc) is 3.14. The molecule has 0 aliphatic carbocycles. The summed E-state index contributed by atoms with van der Waals surface area (Å²) < 4.78 is 47.4. The monoisotopic (exact) mass is 520 g/mol. The van der Waals surface area contributed by atoms with Gasteiger partial charge in [0.1, 0.15) is 5.75 Å². The van der Waals surface area contributed by atoms with Gasteiger partial charge in [-0.25, -0.2) is 0 Å². The summed E-state index contributed by atoms with van der Waals surface area (Å²) in [5.41, 5.74) is 3.99. The van der Waals surface area contributed by atoms with Crippen molar-refractivity contribution in [2.24, 2.45) is 5.92 Å². The van der Waals surface area contributed by atoms with E-state index in [0.717, 1.165) is 28.3 Å². The summed E-state index contributed by atoms with van der Waals surface area (Å²) in [6, 6.07) is 19.4. The van der Waals surface area contributed by atoms with Crippen LogP contribution < -0.4 is 4.74 Å². The van der Waals surface area contributed by atoms with Crippen molar-refractivity contribution < 1.29 is 27.4 Å². The molecule has 196 valence electrons. The van der Waals surface area contributed by atoms with E-state index in [9.17, 15) is 18.0 Å². The number of ether oxygens (including phenoxy) is 2. The summed E-state index contributed by atoms with van der Waals surface area (Å²) in [6.45, 7) is 3.95. The number of aromatic nitrogens is 1. The van der Waals surface area contributed by atoms with E-state index >= 15 is 0 Å². The molecule has 1 aliphatic heterocycles. The van der Waals surface area contributed by atoms with E-state index in [-0.39, 0.29) is 17.6 Å². The van der Waals surface area contributed by atoms with E-state index < -0.39 is 6.36 Å². The summed E-state index contributed by atoms with van der Waals surface area (Å²) in [5.74, 6) is -0.232. The fourth-order valence-corrected chi connectivity index (χ4v) is 4.97. The van der Waals surface area contributed by atoms with Gasteiger partial charge < -0.3 is 14.4 Å². The Balaban J connectivity index is 1.33. The molecule has 0 spiro atoms. The van der Waals surface area contributed by atoms with Gasteiger partial charge in [-0.15, -0.1) is 13.2 Å². The normalized spacial score (nSPS) is 16.3. The maximum Gasteiger partial charge on any atom is 0.573 e. The van der Waals surface area contributed by atoms with Crippen molar-refractivity contribution in [2.45, 2.75) is 19.7 Å². The molecule has 1 atom stereocenters. The van der Waals surface area contributed by atoms with Crippen LogP contribution in [-0.4, -0.2) is 48.5 Å². The molecule has 1 saturated heterocycles. The van der Waals surface area contributed by atoms with E-state index in [0.29, 0.717) is 37.4 Å². The molecule has 5 rings (SSSR count). The van der Waals surface area contributed by atoms with Gasteiger partial charge in [-0.05, 0) is 71.3 Å². The Morgan fingerprint density at radius 2 is 1.89 bits per heavy atom. The number of hydrogen-bond donors (Lipinski definition) is 0. The number of rotatable bonds is 5. The molecule has 1 fully saturated rings. The van der Waals surface area contributed by atoms with E-state index in [1.54, 1.807) is 30.5 Å². The first-order valence-corrected chi connectivity index (χ1v) is 12.4. The third-order valence-electron chi connectivity index (χ3n) is 6.82. The molecule has 1 unspecified atom stereocenters. The predicted octanol–water partition coefficient (Wildman–Crippen LogP) is 6.44. The smallest absolute Gasteiger partial charge is 0.406 e. The standard InChI is InChI=1S/C30H27F3N2O3/c1-20-27(24-7-9-26(10-8-24)38-30(31,32)33)3-2-4-28(20)29(36)35-13-14-37-19-22(18-35)15-21-5-6-23-11-12-34-17-25(23)16-21/h2-12,16-17,22H,13-15,18-19H2,1H3. The summed E-state index contributed by atoms with van der Waals surface area (Å²) in [7, 11) is 0. The SMILES string of the molecule is Cc1c(C(=O)N2CCOCC(Cc3ccc4ccncc4c3)C2)cccc1-c1ccc(OC(F)(F)F)cc1. The Kier molecular flexibility index (Phi) is 7.33. The highest BCUT2D eigenvalue weighted by Gasteiger charge is 2.31. The Labute approximate surface area is 218 Å². The molecule has 8 heteroatoms. The van der Waals surface area contributed by atoms with Crippen LogP contribution in [0.2, 0.25) is 0 Å². The lowest BCUT2D eigenvalue weighted by molar-refractivity contribution is -0.274. The fourth-order valence-electron chi connectivity index (χ4n) is 4.97. The van der Waals surface area contributed by atoms with Crippen molar-refractivity contribution in [3.63, 3.8) is 0 Å². The molecule has 1 amide bonds. The first kappa shape index (κ1) is 25.7. The second kappa shape index (κ2) is 10.8. The van der Waals surface area contributed by atoms with Crippen LogP contribution in [0.25, 0.3) is 21.9 Å². The van der Waals surface area contributed by atoms with Gasteiger partial charge in [0.2, 0.25) is 0 Å². The number of alkyl halides is 3. The zero-order valence-corrected chi connectivity index (χ0v) is 20.9. The quantitative estimate of drug-likeness (QED) is 0.304. The van der Waals surface area contributed by atoms with Crippen LogP contribution in [0.15, 0.2) is 79.1 Å². The Bertz CT molecular complexity index is 1440. The highest BCUT2D eigenvalue weighted by atomic mass is 19.4. The first-order valence-electron chi connectivity index (χ1n) is 12.4. The average molecular weight is 521 g/mol. The van der Waals surface area contributed by atoms with Crippen LogP contribution in [0.5, 0.6) is 5.75 Å². The molecule has 1 aliphatic rings. The number of fused-ring (bicyclic) bond motifs is 1. The molecule has 3 aromatic carbocycles. The molecule has 0 N–H and O–H groups in total. The number of carbonyl (C=O) groups is 1. The summed E-state index contributed by atoms with van der Waals surface area (Å²) >= 11 is 0. The zero-order chi connectivity index (χ0) is 26.7. The maximum absolute atomic E-state index is 13.7. The third-order valence-corrected chi connectivity index (χ3v) is 6.82. The van der Waals surface area contributed by atoms with Crippen LogP contribution in [0, 0.1) is 12.8 Å². The van der Waals surface area contributed by atoms with Gasteiger partial charge >= 0.3 is 6.36 Å². The fraction of sp³-hybridized carbons (Fsp3) is 0.267. The van der Waals surface area contributed by atoms with Gasteiger partial charge in [0.15, 0.2) is 0 Å². The highest BCUT2D eigenvalue weighted by Crippen LogP contribution is 2.30. The van der Waals surface area contributed by atoms with Crippen molar-refractivity contribution in [3.05, 3.63) is 95.8 Å². The highest BCUT2D eigenvalue weighted by molar-refractivity contribution is 5.97. The minimum absolute atomic E-state index is 0.0837. The molecule has 38 heavy (non-hydrogen) atoms. The second-order valence-electron chi connectivity index (χ2n) is 9.50. The first-order chi connectivity index (χ1) is 18.3. The lowest BCUT2D eigenvalue weighted by Gasteiger charge is -2.25. The number of benzene rings is 3. The Morgan fingerprint density at radius 3 is 2.68 bits per heavy atom. The maximum atomic E-state index is 13.7. The Morgan fingerprint density at radius 1 is 1.08 bits per heavy atom. The van der Waals surface area contributed by atoms with Crippen molar-refractivity contribution in [3.8, 4) is 16.9 Å². The number of carbonyl (C=O) groups excluding carboxylic acids is 1. The van der Waals surface area contributed by atoms with Crippen LogP contribution in [0.4, 0.5) is 13.2 Å². The molecule has 4 aromatic rings. The van der Waals surface area contributed by atoms with Crippen LogP contribution in [0.1, 0.15) is 21.5 Å². The lowest BCUT2D eigenvalue weighted by Crippen LogP contribution is -2.36. The molecule has 5 nitrogen and oxygen atoms in total. The summed E-state index contributed by atoms with van der Waals surface area (Å²) in [6.07, 6.45) is -0.339.